The van der Waals surface area contributed by atoms with Crippen molar-refractivity contribution in [1.29, 1.82) is 0 Å². The number of nitrogens with zero attached hydrogens (tertiary/aromatic N) is 8. The third kappa shape index (κ3) is 7.31. The molecule has 3 heterocycles. The predicted molar refractivity (Wildman–Crippen MR) is 192 cm³/mol. The van der Waals surface area contributed by atoms with Crippen LogP contribution >= 0.6 is 0 Å². The number of rotatable bonds is 5. The van der Waals surface area contributed by atoms with Gasteiger partial charge in [-0.15, -0.1) is 30.0 Å². The average molecular weight is 866 g/mol. The van der Waals surface area contributed by atoms with Crippen molar-refractivity contribution in [3.05, 3.63) is 146 Å². The first-order valence-corrected chi connectivity index (χ1v) is 15.8. The molecule has 0 spiro atoms. The summed E-state index contributed by atoms with van der Waals surface area (Å²) in [6.45, 7) is 0. The van der Waals surface area contributed by atoms with Crippen LogP contribution < -0.4 is 14.6 Å². The Labute approximate surface area is 310 Å². The van der Waals surface area contributed by atoms with Crippen LogP contribution in [0.25, 0.3) is 55.0 Å². The van der Waals surface area contributed by atoms with Crippen LogP contribution in [0.15, 0.2) is 140 Å². The minimum atomic E-state index is -1.30. The molecule has 0 bridgehead atoms. The first-order chi connectivity index (χ1) is 25.0. The maximum atomic E-state index is 9.99. The predicted octanol–water partition coefficient (Wildman–Crippen LogP) is 6.00. The Morgan fingerprint density at radius 1 is 0.538 bits per heavy atom. The van der Waals surface area contributed by atoms with Crippen molar-refractivity contribution in [1.82, 2.24) is 40.0 Å². The number of hydrogen-bond donors (Lipinski definition) is 0. The number of aromatic carboxylic acids is 1. The van der Waals surface area contributed by atoms with Gasteiger partial charge in [0.2, 0.25) is 0 Å². The van der Waals surface area contributed by atoms with Gasteiger partial charge in [-0.05, 0) is 48.5 Å². The fraction of sp³-hybridized carbons (Fsp3) is 0.0513. The second-order valence-corrected chi connectivity index (χ2v) is 11.0. The molecule has 0 atom stereocenters. The number of benzene rings is 6. The topological polar surface area (TPSA) is 146 Å². The van der Waals surface area contributed by atoms with Crippen molar-refractivity contribution in [2.75, 3.05) is 14.2 Å². The Morgan fingerprint density at radius 2 is 0.923 bits per heavy atom. The second-order valence-electron chi connectivity index (χ2n) is 11.0. The van der Waals surface area contributed by atoms with Gasteiger partial charge >= 0.3 is 0 Å². The second kappa shape index (κ2) is 16.0. The van der Waals surface area contributed by atoms with Crippen molar-refractivity contribution < 1.29 is 39.5 Å². The zero-order valence-electron chi connectivity index (χ0n) is 27.8. The molecular formula is C39H29IrN8O4-. The number of carbonyl (C=O) groups excluding carboxylic acids is 1. The van der Waals surface area contributed by atoms with Crippen LogP contribution in [0.2, 0.25) is 0 Å². The molecule has 0 saturated heterocycles. The molecule has 9 aromatic rings. The molecule has 1 radical (unpaired) electrons. The van der Waals surface area contributed by atoms with Crippen LogP contribution in [0.4, 0.5) is 0 Å². The van der Waals surface area contributed by atoms with Gasteiger partial charge in [0.25, 0.3) is 0 Å². The third-order valence-corrected chi connectivity index (χ3v) is 7.94. The van der Waals surface area contributed by atoms with Gasteiger partial charge in [-0.3, -0.25) is 9.97 Å². The van der Waals surface area contributed by atoms with Gasteiger partial charge < -0.3 is 19.4 Å². The van der Waals surface area contributed by atoms with E-state index in [4.69, 9.17) is 9.47 Å². The molecular weight excluding hydrogens is 837 g/mol. The molecule has 0 unspecified atom stereocenters. The summed E-state index contributed by atoms with van der Waals surface area (Å²) in [7, 11) is 3.36. The van der Waals surface area contributed by atoms with E-state index in [1.54, 1.807) is 23.8 Å². The number of ether oxygens (including phenoxy) is 2. The smallest absolute Gasteiger partial charge is 0.126 e. The van der Waals surface area contributed by atoms with Gasteiger partial charge in [-0.2, -0.15) is 0 Å². The van der Waals surface area contributed by atoms with E-state index in [0.717, 1.165) is 72.7 Å². The van der Waals surface area contributed by atoms with E-state index in [0.29, 0.717) is 0 Å². The fourth-order valence-corrected chi connectivity index (χ4v) is 5.56. The number of carboxylic acid groups (broad SMARTS) is 1. The summed E-state index contributed by atoms with van der Waals surface area (Å²) < 4.78 is 10.9. The van der Waals surface area contributed by atoms with Crippen LogP contribution in [-0.2, 0) is 20.1 Å². The first-order valence-electron chi connectivity index (χ1n) is 15.8. The Bertz CT molecular complexity index is 2400. The van der Waals surface area contributed by atoms with Crippen molar-refractivity contribution in [3.63, 3.8) is 0 Å². The number of hydrogen-bond acceptors (Lipinski definition) is 10. The van der Waals surface area contributed by atoms with Crippen molar-refractivity contribution >= 4 is 49.6 Å². The van der Waals surface area contributed by atoms with E-state index in [-0.39, 0.29) is 25.8 Å². The monoisotopic (exact) mass is 866 g/mol. The normalized spacial score (nSPS) is 10.5. The Morgan fingerprint density at radius 3 is 1.25 bits per heavy atom. The van der Waals surface area contributed by atoms with E-state index in [1.807, 2.05) is 109 Å². The van der Waals surface area contributed by atoms with E-state index in [1.165, 1.54) is 12.4 Å². The van der Waals surface area contributed by atoms with Gasteiger partial charge in [0.1, 0.15) is 39.3 Å². The SMILES string of the molecule is COc1ccc(-n2nc3ccccc3n2)c2ccccc12.COc1ccc(-n2nc3ccccc3n2)c2ccccc12.O=C([O-])c1cnccn1.[Ir]. The molecule has 259 valence electrons. The van der Waals surface area contributed by atoms with Gasteiger partial charge in [-0.25, -0.2) is 0 Å². The average Bonchev–Trinajstić information content (AvgIpc) is 3.83. The molecule has 0 amide bonds. The molecule has 3 aromatic heterocycles. The summed E-state index contributed by atoms with van der Waals surface area (Å²) in [6, 6.07) is 39.8. The number of carboxylic acids is 1. The van der Waals surface area contributed by atoms with Crippen LogP contribution in [-0.4, -0.2) is 60.1 Å². The van der Waals surface area contributed by atoms with Crippen LogP contribution in [0.3, 0.4) is 0 Å². The van der Waals surface area contributed by atoms with Gasteiger partial charge in [-0.1, -0.05) is 72.8 Å². The number of fused-ring (bicyclic) bond motifs is 4. The molecule has 0 aliphatic rings. The molecule has 9 rings (SSSR count). The van der Waals surface area contributed by atoms with Crippen LogP contribution in [0.5, 0.6) is 11.5 Å². The molecule has 0 aliphatic carbocycles. The maximum Gasteiger partial charge on any atom is 0.126 e. The van der Waals surface area contributed by atoms with Gasteiger partial charge in [0, 0.05) is 54.0 Å². The van der Waals surface area contributed by atoms with E-state index >= 15 is 0 Å². The van der Waals surface area contributed by atoms with E-state index in [2.05, 4.69) is 42.5 Å². The molecule has 0 saturated carbocycles. The summed E-state index contributed by atoms with van der Waals surface area (Å²) in [5.41, 5.74) is 5.30. The number of aromatic nitrogens is 8. The standard InChI is InChI=1S/2C17H13N3O.C5H4N2O2.Ir/c2*1-21-17-11-10-16(12-6-2-3-7-13(12)17)20-18-14-8-4-5-9-15(14)19-20;8-5(9)4-3-6-1-2-7-4;/h2*2-11H,1H3;1-3H,(H,8,9);/p-1. The molecule has 13 heteroatoms. The van der Waals surface area contributed by atoms with Gasteiger partial charge in [0.05, 0.1) is 37.8 Å². The van der Waals surface area contributed by atoms with Gasteiger partial charge in [0.15, 0.2) is 0 Å². The summed E-state index contributed by atoms with van der Waals surface area (Å²) in [5, 5.41) is 32.4. The van der Waals surface area contributed by atoms with Crippen molar-refractivity contribution in [3.8, 4) is 22.9 Å². The molecule has 0 fully saturated rings. The number of carbonyl (C=O) groups is 1. The largest absolute Gasteiger partial charge is 0.543 e. The van der Waals surface area contributed by atoms with E-state index in [9.17, 15) is 9.90 Å². The zero-order chi connectivity index (χ0) is 35.2. The Balaban J connectivity index is 0.000000143. The molecule has 52 heavy (non-hydrogen) atoms. The summed E-state index contributed by atoms with van der Waals surface area (Å²) in [4.78, 5) is 20.3. The molecule has 6 aromatic carbocycles. The third-order valence-electron chi connectivity index (χ3n) is 7.94. The molecule has 0 aliphatic heterocycles. The van der Waals surface area contributed by atoms with E-state index < -0.39 is 5.97 Å². The quantitative estimate of drug-likeness (QED) is 0.202. The van der Waals surface area contributed by atoms with Crippen molar-refractivity contribution in [2.45, 2.75) is 0 Å². The minimum absolute atomic E-state index is 0. The molecule has 12 nitrogen and oxygen atoms in total. The van der Waals surface area contributed by atoms with Crippen molar-refractivity contribution in [2.24, 2.45) is 0 Å². The van der Waals surface area contributed by atoms with Crippen LogP contribution in [0, 0.1) is 0 Å². The summed E-state index contributed by atoms with van der Waals surface area (Å²) >= 11 is 0. The fourth-order valence-electron chi connectivity index (χ4n) is 5.56. The summed E-state index contributed by atoms with van der Waals surface area (Å²) in [5.74, 6) is 0.403. The molecule has 0 N–H and O–H groups in total. The Kier molecular flexibility index (Phi) is 10.8. The minimum Gasteiger partial charge on any atom is -0.543 e. The summed E-state index contributed by atoms with van der Waals surface area (Å²) in [6.07, 6.45) is 3.83. The maximum absolute atomic E-state index is 9.99. The zero-order valence-corrected chi connectivity index (χ0v) is 30.2. The first kappa shape index (κ1) is 35.3. The van der Waals surface area contributed by atoms with Crippen LogP contribution in [0.1, 0.15) is 10.5 Å². The Hall–Kier alpha value is -6.56. The number of methoxy groups -OCH3 is 2.